The average molecular weight is 585 g/mol. The zero-order valence-electron chi connectivity index (χ0n) is 21.2. The van der Waals surface area contributed by atoms with Gasteiger partial charge >= 0.3 is 26.3 Å². The largest absolute Gasteiger partial charge is 0.497 e. The summed E-state index contributed by atoms with van der Waals surface area (Å²) in [5.41, 5.74) is 0.479. The van der Waals surface area contributed by atoms with Crippen LogP contribution in [-0.4, -0.2) is 37.1 Å². The molecule has 0 heterocycles. The van der Waals surface area contributed by atoms with Gasteiger partial charge < -0.3 is 28.5 Å². The Hall–Kier alpha value is -4.75. The maximum absolute atomic E-state index is 12.7. The third-order valence-corrected chi connectivity index (χ3v) is 7.74. The summed E-state index contributed by atoms with van der Waals surface area (Å²) < 4.78 is 71.2. The Balaban J connectivity index is 1.41. The molecule has 2 N–H and O–H groups in total. The van der Waals surface area contributed by atoms with E-state index in [1.54, 1.807) is 12.1 Å². The number of benzene rings is 4. The molecular formula is C27H24N2O9S2. The maximum atomic E-state index is 12.7. The van der Waals surface area contributed by atoms with Gasteiger partial charge in [0.1, 0.15) is 32.8 Å². The van der Waals surface area contributed by atoms with Crippen LogP contribution in [0.15, 0.2) is 107 Å². The Morgan fingerprint density at radius 1 is 0.550 bits per heavy atom. The Labute approximate surface area is 231 Å². The van der Waals surface area contributed by atoms with Gasteiger partial charge in [0.15, 0.2) is 0 Å². The van der Waals surface area contributed by atoms with Crippen LogP contribution in [0.2, 0.25) is 0 Å². The smallest absolute Gasteiger partial charge is 0.339 e. The third-order valence-electron chi connectivity index (χ3n) is 5.26. The Bertz CT molecular complexity index is 1610. The number of hydrogen-bond donors (Lipinski definition) is 2. The summed E-state index contributed by atoms with van der Waals surface area (Å²) in [6, 6.07) is 22.5. The van der Waals surface area contributed by atoms with Crippen molar-refractivity contribution in [1.82, 2.24) is 0 Å². The Morgan fingerprint density at radius 2 is 0.925 bits per heavy atom. The summed E-state index contributed by atoms with van der Waals surface area (Å²) in [6.45, 7) is 0. The van der Waals surface area contributed by atoms with Crippen molar-refractivity contribution in [1.29, 1.82) is 0 Å². The molecule has 0 bridgehead atoms. The van der Waals surface area contributed by atoms with Gasteiger partial charge in [-0.2, -0.15) is 16.8 Å². The molecule has 0 aromatic heterocycles. The Morgan fingerprint density at radius 3 is 1.32 bits per heavy atom. The van der Waals surface area contributed by atoms with E-state index in [4.69, 9.17) is 17.8 Å². The van der Waals surface area contributed by atoms with Gasteiger partial charge in [-0.1, -0.05) is 24.3 Å². The van der Waals surface area contributed by atoms with Crippen LogP contribution < -0.4 is 28.5 Å². The molecule has 0 aliphatic carbocycles. The van der Waals surface area contributed by atoms with Crippen molar-refractivity contribution >= 4 is 37.6 Å². The van der Waals surface area contributed by atoms with Crippen molar-refractivity contribution in [2.75, 3.05) is 24.9 Å². The van der Waals surface area contributed by atoms with Gasteiger partial charge in [-0.25, -0.2) is 4.79 Å². The fourth-order valence-corrected chi connectivity index (χ4v) is 5.33. The summed E-state index contributed by atoms with van der Waals surface area (Å²) in [7, 11) is -5.49. The second-order valence-corrected chi connectivity index (χ2v) is 11.2. The number of amides is 2. The van der Waals surface area contributed by atoms with E-state index in [9.17, 15) is 21.6 Å². The Kier molecular flexibility index (Phi) is 8.46. The second-order valence-electron chi connectivity index (χ2n) is 8.07. The molecule has 208 valence electrons. The fraction of sp³-hybridized carbons (Fsp3) is 0.0741. The molecule has 4 aromatic carbocycles. The molecule has 11 nitrogen and oxygen atoms in total. The van der Waals surface area contributed by atoms with Crippen LogP contribution >= 0.6 is 0 Å². The SMILES string of the molecule is COc1cccc(S(=O)(=O)Oc2cccc(NC(=O)Nc3cccc(OS(=O)(=O)c4cccc(OC)c4)c3)c2)c1. The minimum Gasteiger partial charge on any atom is -0.497 e. The monoisotopic (exact) mass is 584 g/mol. The first-order chi connectivity index (χ1) is 19.1. The number of urea groups is 1. The highest BCUT2D eigenvalue weighted by Gasteiger charge is 2.19. The van der Waals surface area contributed by atoms with Crippen LogP contribution in [0.25, 0.3) is 0 Å². The highest BCUT2D eigenvalue weighted by atomic mass is 32.2. The number of hydrogen-bond acceptors (Lipinski definition) is 9. The molecule has 40 heavy (non-hydrogen) atoms. The van der Waals surface area contributed by atoms with E-state index in [-0.39, 0.29) is 32.7 Å². The molecule has 0 aliphatic heterocycles. The molecule has 0 fully saturated rings. The van der Waals surface area contributed by atoms with Crippen molar-refractivity contribution in [2.24, 2.45) is 0 Å². The van der Waals surface area contributed by atoms with Crippen LogP contribution in [-0.2, 0) is 20.2 Å². The quantitative estimate of drug-likeness (QED) is 0.249. The van der Waals surface area contributed by atoms with Crippen LogP contribution in [0.4, 0.5) is 16.2 Å². The molecule has 4 rings (SSSR count). The van der Waals surface area contributed by atoms with Crippen LogP contribution in [0.1, 0.15) is 0 Å². The van der Waals surface area contributed by atoms with E-state index < -0.39 is 26.3 Å². The summed E-state index contributed by atoms with van der Waals surface area (Å²) in [6.07, 6.45) is 0. The number of carbonyl (C=O) groups excluding carboxylic acids is 1. The predicted molar refractivity (Wildman–Crippen MR) is 147 cm³/mol. The van der Waals surface area contributed by atoms with E-state index >= 15 is 0 Å². The lowest BCUT2D eigenvalue weighted by molar-refractivity contribution is 0.262. The lowest BCUT2D eigenvalue weighted by Crippen LogP contribution is -2.19. The van der Waals surface area contributed by atoms with Crippen LogP contribution in [0.3, 0.4) is 0 Å². The molecular weight excluding hydrogens is 560 g/mol. The van der Waals surface area contributed by atoms with E-state index in [1.165, 1.54) is 99.1 Å². The van der Waals surface area contributed by atoms with Crippen molar-refractivity contribution in [3.8, 4) is 23.0 Å². The number of ether oxygens (including phenoxy) is 2. The van der Waals surface area contributed by atoms with Gasteiger partial charge in [-0.3, -0.25) is 0 Å². The highest BCUT2D eigenvalue weighted by Crippen LogP contribution is 2.26. The molecule has 4 aromatic rings. The number of rotatable bonds is 10. The third kappa shape index (κ3) is 7.21. The summed E-state index contributed by atoms with van der Waals surface area (Å²) >= 11 is 0. The molecule has 13 heteroatoms. The molecule has 0 radical (unpaired) electrons. The summed E-state index contributed by atoms with van der Waals surface area (Å²) in [5, 5.41) is 5.13. The van der Waals surface area contributed by atoms with E-state index in [0.717, 1.165) is 0 Å². The van der Waals surface area contributed by atoms with Crippen molar-refractivity contribution in [3.63, 3.8) is 0 Å². The van der Waals surface area contributed by atoms with E-state index in [0.29, 0.717) is 11.5 Å². The second kappa shape index (κ2) is 12.0. The highest BCUT2D eigenvalue weighted by molar-refractivity contribution is 7.87. The molecule has 0 unspecified atom stereocenters. The lowest BCUT2D eigenvalue weighted by atomic mass is 10.3. The molecule has 0 aliphatic rings. The topological polar surface area (TPSA) is 146 Å². The fourth-order valence-electron chi connectivity index (χ4n) is 3.41. The first-order valence-corrected chi connectivity index (χ1v) is 14.3. The number of methoxy groups -OCH3 is 2. The van der Waals surface area contributed by atoms with Gasteiger partial charge in [-0.05, 0) is 48.5 Å². The minimum atomic E-state index is -4.16. The van der Waals surface area contributed by atoms with Gasteiger partial charge in [0, 0.05) is 35.6 Å². The number of carbonyl (C=O) groups is 1. The van der Waals surface area contributed by atoms with E-state index in [2.05, 4.69) is 10.6 Å². The normalized spacial score (nSPS) is 11.2. The zero-order chi connectivity index (χ0) is 28.8. The van der Waals surface area contributed by atoms with Crippen LogP contribution in [0, 0.1) is 0 Å². The summed E-state index contributed by atoms with van der Waals surface area (Å²) in [4.78, 5) is 12.4. The van der Waals surface area contributed by atoms with Crippen molar-refractivity contribution in [3.05, 3.63) is 97.1 Å². The van der Waals surface area contributed by atoms with Crippen LogP contribution in [0.5, 0.6) is 23.0 Å². The van der Waals surface area contributed by atoms with Gasteiger partial charge in [0.05, 0.1) is 14.2 Å². The molecule has 0 spiro atoms. The predicted octanol–water partition coefficient (Wildman–Crippen LogP) is 4.88. The number of nitrogens with one attached hydrogen (secondary N) is 2. The average Bonchev–Trinajstić information content (AvgIpc) is 2.93. The van der Waals surface area contributed by atoms with Gasteiger partial charge in [0.2, 0.25) is 0 Å². The molecule has 0 saturated heterocycles. The van der Waals surface area contributed by atoms with E-state index in [1.807, 2.05) is 0 Å². The van der Waals surface area contributed by atoms with Gasteiger partial charge in [-0.15, -0.1) is 0 Å². The first kappa shape index (κ1) is 28.3. The molecule has 0 saturated carbocycles. The molecule has 2 amide bonds. The van der Waals surface area contributed by atoms with Gasteiger partial charge in [0.25, 0.3) is 0 Å². The lowest BCUT2D eigenvalue weighted by Gasteiger charge is -2.12. The number of anilines is 2. The summed E-state index contributed by atoms with van der Waals surface area (Å²) in [5.74, 6) is 0.644. The van der Waals surface area contributed by atoms with Crippen molar-refractivity contribution < 1.29 is 39.5 Å². The van der Waals surface area contributed by atoms with Crippen molar-refractivity contribution in [2.45, 2.75) is 9.79 Å². The standard InChI is InChI=1S/C27H24N2O9S2/c1-35-21-9-5-13-25(17-21)39(31,32)37-23-11-3-7-19(15-23)28-27(30)29-20-8-4-12-24(16-20)38-40(33,34)26-14-6-10-22(18-26)36-2/h3-18H,1-2H3,(H2,28,29,30). The minimum absolute atomic E-state index is 0.0289. The first-order valence-electron chi connectivity index (χ1n) is 11.5. The molecule has 0 atom stereocenters. The zero-order valence-corrected chi connectivity index (χ0v) is 22.9. The maximum Gasteiger partial charge on any atom is 0.339 e.